The SMILES string of the molecule is O=C(O)C[C@H](NCCCc1ccccc1)C(=O)N[C@@H](Cc1ccccc1)C(=O)O. The molecule has 4 N–H and O–H groups in total. The van der Waals surface area contributed by atoms with Gasteiger partial charge in [0, 0.05) is 6.42 Å². The van der Waals surface area contributed by atoms with Gasteiger partial charge in [-0.25, -0.2) is 4.79 Å². The maximum Gasteiger partial charge on any atom is 0.326 e. The van der Waals surface area contributed by atoms with Crippen LogP contribution in [0.5, 0.6) is 0 Å². The highest BCUT2D eigenvalue weighted by Crippen LogP contribution is 2.05. The van der Waals surface area contributed by atoms with Crippen molar-refractivity contribution in [1.82, 2.24) is 10.6 Å². The molecule has 154 valence electrons. The van der Waals surface area contributed by atoms with E-state index < -0.39 is 36.4 Å². The minimum absolute atomic E-state index is 0.121. The van der Waals surface area contributed by atoms with Crippen LogP contribution in [0.15, 0.2) is 60.7 Å². The topological polar surface area (TPSA) is 116 Å². The fourth-order valence-electron chi connectivity index (χ4n) is 2.97. The van der Waals surface area contributed by atoms with Crippen molar-refractivity contribution in [3.63, 3.8) is 0 Å². The number of benzene rings is 2. The van der Waals surface area contributed by atoms with E-state index in [2.05, 4.69) is 10.6 Å². The summed E-state index contributed by atoms with van der Waals surface area (Å²) in [6, 6.07) is 16.7. The molecule has 0 aliphatic carbocycles. The van der Waals surface area contributed by atoms with Crippen molar-refractivity contribution in [2.45, 2.75) is 37.8 Å². The number of carboxylic acids is 2. The average molecular weight is 398 g/mol. The molecule has 0 aliphatic heterocycles. The minimum Gasteiger partial charge on any atom is -0.481 e. The van der Waals surface area contributed by atoms with E-state index in [0.29, 0.717) is 6.54 Å². The van der Waals surface area contributed by atoms with Crippen LogP contribution >= 0.6 is 0 Å². The third-order valence-electron chi connectivity index (χ3n) is 4.47. The molecular formula is C22H26N2O5. The minimum atomic E-state index is -1.17. The third kappa shape index (κ3) is 8.15. The van der Waals surface area contributed by atoms with E-state index in [0.717, 1.165) is 24.0 Å². The molecule has 0 saturated carbocycles. The molecule has 29 heavy (non-hydrogen) atoms. The molecule has 0 bridgehead atoms. The summed E-state index contributed by atoms with van der Waals surface area (Å²) in [7, 11) is 0. The Balaban J connectivity index is 1.91. The van der Waals surface area contributed by atoms with Crippen molar-refractivity contribution in [2.24, 2.45) is 0 Å². The Labute approximate surface area is 169 Å². The predicted octanol–water partition coefficient (Wildman–Crippen LogP) is 1.86. The van der Waals surface area contributed by atoms with E-state index in [1.165, 1.54) is 0 Å². The molecule has 0 radical (unpaired) electrons. The molecule has 7 heteroatoms. The zero-order chi connectivity index (χ0) is 21.1. The number of carboxylic acid groups (broad SMARTS) is 2. The van der Waals surface area contributed by atoms with Gasteiger partial charge in [0.1, 0.15) is 6.04 Å². The van der Waals surface area contributed by atoms with Gasteiger partial charge in [-0.3, -0.25) is 9.59 Å². The normalized spacial score (nSPS) is 12.7. The van der Waals surface area contributed by atoms with E-state index in [1.807, 2.05) is 36.4 Å². The number of aryl methyl sites for hydroxylation is 1. The first-order chi connectivity index (χ1) is 14.0. The number of carbonyl (C=O) groups excluding carboxylic acids is 1. The summed E-state index contributed by atoms with van der Waals surface area (Å²) < 4.78 is 0. The van der Waals surface area contributed by atoms with E-state index in [9.17, 15) is 19.5 Å². The lowest BCUT2D eigenvalue weighted by atomic mass is 10.0. The highest BCUT2D eigenvalue weighted by Gasteiger charge is 2.26. The summed E-state index contributed by atoms with van der Waals surface area (Å²) in [6.45, 7) is 0.441. The van der Waals surface area contributed by atoms with Crippen LogP contribution in [0.2, 0.25) is 0 Å². The highest BCUT2D eigenvalue weighted by atomic mass is 16.4. The van der Waals surface area contributed by atoms with Crippen LogP contribution in [0.25, 0.3) is 0 Å². The van der Waals surface area contributed by atoms with Gasteiger partial charge < -0.3 is 20.8 Å². The standard InChI is InChI=1S/C22H26N2O5/c25-20(26)15-18(23-13-7-12-16-8-3-1-4-9-16)21(27)24-19(22(28)29)14-17-10-5-2-6-11-17/h1-6,8-11,18-19,23H,7,12-15H2,(H,24,27)(H,25,26)(H,28,29)/t18-,19-/m0/s1. The molecule has 7 nitrogen and oxygen atoms in total. The summed E-state index contributed by atoms with van der Waals surface area (Å²) in [5, 5.41) is 24.0. The van der Waals surface area contributed by atoms with Gasteiger partial charge in [-0.05, 0) is 30.5 Å². The quantitative estimate of drug-likeness (QED) is 0.406. The molecule has 0 spiro atoms. The van der Waals surface area contributed by atoms with Gasteiger partial charge in [0.2, 0.25) is 5.91 Å². The fourth-order valence-corrected chi connectivity index (χ4v) is 2.97. The lowest BCUT2D eigenvalue weighted by Gasteiger charge is -2.20. The molecule has 2 atom stereocenters. The summed E-state index contributed by atoms with van der Waals surface area (Å²) >= 11 is 0. The van der Waals surface area contributed by atoms with Gasteiger partial charge in [-0.15, -0.1) is 0 Å². The second kappa shape index (κ2) is 11.6. The first kappa shape index (κ1) is 22.1. The number of nitrogens with one attached hydrogen (secondary N) is 2. The van der Waals surface area contributed by atoms with Crippen LogP contribution < -0.4 is 10.6 Å². The first-order valence-corrected chi connectivity index (χ1v) is 9.52. The molecule has 1 amide bonds. The lowest BCUT2D eigenvalue weighted by Crippen LogP contribution is -2.51. The van der Waals surface area contributed by atoms with Crippen LogP contribution in [0, 0.1) is 0 Å². The van der Waals surface area contributed by atoms with Crippen molar-refractivity contribution in [3.05, 3.63) is 71.8 Å². The van der Waals surface area contributed by atoms with Gasteiger partial charge >= 0.3 is 11.9 Å². The molecule has 0 aromatic heterocycles. The largest absolute Gasteiger partial charge is 0.481 e. The van der Waals surface area contributed by atoms with Crippen molar-refractivity contribution >= 4 is 17.8 Å². The summed E-state index contributed by atoms with van der Waals surface area (Å²) in [5.74, 6) is -2.92. The Bertz CT molecular complexity index is 795. The Hall–Kier alpha value is -3.19. The van der Waals surface area contributed by atoms with Crippen LogP contribution in [-0.2, 0) is 27.2 Å². The molecule has 0 fully saturated rings. The van der Waals surface area contributed by atoms with Gasteiger partial charge in [0.25, 0.3) is 0 Å². The Morgan fingerprint density at radius 1 is 0.828 bits per heavy atom. The number of rotatable bonds is 12. The Kier molecular flexibility index (Phi) is 8.85. The Morgan fingerprint density at radius 3 is 1.97 bits per heavy atom. The number of aliphatic carboxylic acids is 2. The molecule has 2 rings (SSSR count). The summed E-state index contributed by atoms with van der Waals surface area (Å²) in [4.78, 5) is 35.2. The monoisotopic (exact) mass is 398 g/mol. The molecule has 0 aliphatic rings. The summed E-state index contributed by atoms with van der Waals surface area (Å²) in [6.07, 6.45) is 1.21. The fraction of sp³-hybridized carbons (Fsp3) is 0.318. The van der Waals surface area contributed by atoms with E-state index >= 15 is 0 Å². The smallest absolute Gasteiger partial charge is 0.326 e. The highest BCUT2D eigenvalue weighted by molar-refractivity contribution is 5.89. The molecule has 0 heterocycles. The van der Waals surface area contributed by atoms with Crippen LogP contribution in [0.1, 0.15) is 24.0 Å². The van der Waals surface area contributed by atoms with Gasteiger partial charge in [0.15, 0.2) is 0 Å². The van der Waals surface area contributed by atoms with E-state index in [1.54, 1.807) is 24.3 Å². The lowest BCUT2D eigenvalue weighted by molar-refractivity contribution is -0.143. The van der Waals surface area contributed by atoms with Crippen molar-refractivity contribution < 1.29 is 24.6 Å². The Morgan fingerprint density at radius 2 is 1.41 bits per heavy atom. The van der Waals surface area contributed by atoms with Crippen LogP contribution in [0.3, 0.4) is 0 Å². The number of hydrogen-bond acceptors (Lipinski definition) is 4. The zero-order valence-corrected chi connectivity index (χ0v) is 16.1. The van der Waals surface area contributed by atoms with Crippen LogP contribution in [-0.4, -0.2) is 46.7 Å². The maximum absolute atomic E-state index is 12.5. The molecule has 2 aromatic carbocycles. The second-order valence-corrected chi connectivity index (χ2v) is 6.78. The van der Waals surface area contributed by atoms with Gasteiger partial charge in [-0.1, -0.05) is 60.7 Å². The zero-order valence-electron chi connectivity index (χ0n) is 16.1. The van der Waals surface area contributed by atoms with E-state index in [-0.39, 0.29) is 6.42 Å². The molecule has 0 saturated heterocycles. The second-order valence-electron chi connectivity index (χ2n) is 6.78. The van der Waals surface area contributed by atoms with Gasteiger partial charge in [0.05, 0.1) is 12.5 Å². The molecule has 0 unspecified atom stereocenters. The van der Waals surface area contributed by atoms with Crippen molar-refractivity contribution in [2.75, 3.05) is 6.54 Å². The van der Waals surface area contributed by atoms with Crippen LogP contribution in [0.4, 0.5) is 0 Å². The van der Waals surface area contributed by atoms with E-state index in [4.69, 9.17) is 5.11 Å². The third-order valence-corrected chi connectivity index (χ3v) is 4.47. The number of hydrogen-bond donors (Lipinski definition) is 4. The molecule has 2 aromatic rings. The first-order valence-electron chi connectivity index (χ1n) is 9.52. The van der Waals surface area contributed by atoms with Crippen molar-refractivity contribution in [3.8, 4) is 0 Å². The van der Waals surface area contributed by atoms with Gasteiger partial charge in [-0.2, -0.15) is 0 Å². The van der Waals surface area contributed by atoms with Crippen molar-refractivity contribution in [1.29, 1.82) is 0 Å². The average Bonchev–Trinajstić information content (AvgIpc) is 2.71. The summed E-state index contributed by atoms with van der Waals surface area (Å²) in [5.41, 5.74) is 1.92. The number of carbonyl (C=O) groups is 3. The maximum atomic E-state index is 12.5. The number of amides is 1. The molecular weight excluding hydrogens is 372 g/mol. The predicted molar refractivity (Wildman–Crippen MR) is 109 cm³/mol.